The number of amides is 1. The topological polar surface area (TPSA) is 73.0 Å². The first-order chi connectivity index (χ1) is 16.2. The van der Waals surface area contributed by atoms with Crippen LogP contribution in [-0.2, 0) is 23.9 Å². The molecule has 7 nitrogen and oxygen atoms in total. The van der Waals surface area contributed by atoms with Crippen LogP contribution in [0.15, 0.2) is 65.8 Å². The highest BCUT2D eigenvalue weighted by Crippen LogP contribution is 2.31. The molecule has 0 saturated heterocycles. The van der Waals surface area contributed by atoms with Crippen molar-refractivity contribution < 1.29 is 18.0 Å². The Morgan fingerprint density at radius 3 is 2.74 bits per heavy atom. The number of nitrogens with zero attached hydrogens (tertiary/aromatic N) is 5. The van der Waals surface area contributed by atoms with Crippen LogP contribution >= 0.6 is 0 Å². The maximum atomic E-state index is 13.2. The fraction of sp³-hybridized carbons (Fsp3) is 0.250. The van der Waals surface area contributed by atoms with Crippen molar-refractivity contribution in [1.82, 2.24) is 19.3 Å². The summed E-state index contributed by atoms with van der Waals surface area (Å²) < 4.78 is 41.7. The number of halogens is 3. The molecular weight excluding hydrogens is 447 g/mol. The van der Waals surface area contributed by atoms with Gasteiger partial charge in [0.25, 0.3) is 5.56 Å². The third-order valence-corrected chi connectivity index (χ3v) is 6.07. The van der Waals surface area contributed by atoms with Gasteiger partial charge in [0.15, 0.2) is 5.65 Å². The number of aromatic nitrogens is 4. The summed E-state index contributed by atoms with van der Waals surface area (Å²) in [5.74, 6) is -0.242. The van der Waals surface area contributed by atoms with Crippen LogP contribution in [0.4, 0.5) is 18.9 Å². The second-order valence-electron chi connectivity index (χ2n) is 8.30. The van der Waals surface area contributed by atoms with E-state index >= 15 is 0 Å². The number of fused-ring (bicyclic) bond motifs is 2. The molecule has 2 aromatic carbocycles. The summed E-state index contributed by atoms with van der Waals surface area (Å²) in [4.78, 5) is 32.2. The number of alkyl halides is 3. The average Bonchev–Trinajstić information content (AvgIpc) is 3.25. The normalized spacial score (nSPS) is 16.0. The maximum absolute atomic E-state index is 13.2. The maximum Gasteiger partial charge on any atom is 0.416 e. The molecule has 34 heavy (non-hydrogen) atoms. The van der Waals surface area contributed by atoms with E-state index in [9.17, 15) is 22.8 Å². The molecule has 0 spiro atoms. The van der Waals surface area contributed by atoms with E-state index in [1.165, 1.54) is 33.9 Å². The van der Waals surface area contributed by atoms with Gasteiger partial charge in [-0.2, -0.15) is 18.3 Å². The Morgan fingerprint density at radius 1 is 1.15 bits per heavy atom. The zero-order valence-corrected chi connectivity index (χ0v) is 18.2. The number of carbonyl (C=O) groups excluding carboxylic acids is 1. The van der Waals surface area contributed by atoms with Gasteiger partial charge in [-0.3, -0.25) is 14.2 Å². The summed E-state index contributed by atoms with van der Waals surface area (Å²) in [5.41, 5.74) is 0.843. The quantitative estimate of drug-likeness (QED) is 0.457. The minimum absolute atomic E-state index is 0.0153. The van der Waals surface area contributed by atoms with Gasteiger partial charge in [-0.1, -0.05) is 24.3 Å². The van der Waals surface area contributed by atoms with Gasteiger partial charge in [-0.15, -0.1) is 0 Å². The number of hydrogen-bond acceptors (Lipinski definition) is 4. The van der Waals surface area contributed by atoms with E-state index in [0.29, 0.717) is 0 Å². The lowest BCUT2D eigenvalue weighted by atomic mass is 9.96. The summed E-state index contributed by atoms with van der Waals surface area (Å²) in [6.07, 6.45) is -0.328. The lowest BCUT2D eigenvalue weighted by Gasteiger charge is -2.35. The van der Waals surface area contributed by atoms with E-state index in [-0.39, 0.29) is 35.2 Å². The van der Waals surface area contributed by atoms with Gasteiger partial charge in [-0.05, 0) is 49.6 Å². The van der Waals surface area contributed by atoms with E-state index in [1.807, 2.05) is 31.2 Å². The summed E-state index contributed by atoms with van der Waals surface area (Å²) in [5, 5.41) is 4.19. The van der Waals surface area contributed by atoms with Crippen molar-refractivity contribution in [2.75, 3.05) is 4.90 Å². The third kappa shape index (κ3) is 3.74. The van der Waals surface area contributed by atoms with E-state index in [4.69, 9.17) is 0 Å². The highest BCUT2D eigenvalue weighted by atomic mass is 19.4. The Balaban J connectivity index is 1.48. The predicted molar refractivity (Wildman–Crippen MR) is 120 cm³/mol. The van der Waals surface area contributed by atoms with Crippen molar-refractivity contribution in [3.8, 4) is 5.69 Å². The zero-order valence-electron chi connectivity index (χ0n) is 18.2. The summed E-state index contributed by atoms with van der Waals surface area (Å²) in [7, 11) is 0. The Kier molecular flexibility index (Phi) is 5.22. The van der Waals surface area contributed by atoms with Crippen molar-refractivity contribution >= 4 is 22.6 Å². The van der Waals surface area contributed by atoms with Crippen LogP contribution < -0.4 is 10.5 Å². The van der Waals surface area contributed by atoms with Crippen LogP contribution in [0.2, 0.25) is 0 Å². The number of benzene rings is 2. The number of anilines is 1. The molecule has 0 saturated carbocycles. The van der Waals surface area contributed by atoms with Crippen molar-refractivity contribution in [1.29, 1.82) is 0 Å². The number of rotatable bonds is 3. The van der Waals surface area contributed by atoms with Crippen LogP contribution in [0, 0.1) is 0 Å². The number of aryl methyl sites for hydroxylation is 1. The molecule has 1 amide bonds. The summed E-state index contributed by atoms with van der Waals surface area (Å²) >= 11 is 0. The zero-order chi connectivity index (χ0) is 24.0. The van der Waals surface area contributed by atoms with Gasteiger partial charge < -0.3 is 4.90 Å². The molecule has 1 aliphatic rings. The molecule has 2 aromatic heterocycles. The SMILES string of the molecule is CC1CCc2ccccc2N1C(=O)Cn1cnc2c(cnn2-c2cccc(C(F)(F)F)c2)c1=O. The average molecular weight is 467 g/mol. The highest BCUT2D eigenvalue weighted by Gasteiger charge is 2.31. The molecule has 1 atom stereocenters. The standard InChI is InChI=1S/C24H20F3N5O2/c1-15-9-10-16-5-2-3-8-20(16)31(15)21(33)13-30-14-28-22-19(23(30)34)12-29-32(22)18-7-4-6-17(11-18)24(25,26)27/h2-8,11-12,14-15H,9-10,13H2,1H3. The van der Waals surface area contributed by atoms with Crippen molar-refractivity contribution in [3.05, 3.63) is 82.5 Å². The van der Waals surface area contributed by atoms with Crippen LogP contribution in [0.5, 0.6) is 0 Å². The lowest BCUT2D eigenvalue weighted by molar-refractivity contribution is -0.137. The first kappa shape index (κ1) is 21.9. The second-order valence-corrected chi connectivity index (χ2v) is 8.30. The Hall–Kier alpha value is -3.95. The fourth-order valence-corrected chi connectivity index (χ4v) is 4.35. The van der Waals surface area contributed by atoms with Crippen molar-refractivity contribution in [2.45, 2.75) is 38.5 Å². The molecule has 3 heterocycles. The molecule has 5 rings (SSSR count). The van der Waals surface area contributed by atoms with Gasteiger partial charge in [0.05, 0.1) is 17.4 Å². The molecule has 1 unspecified atom stereocenters. The Morgan fingerprint density at radius 2 is 1.94 bits per heavy atom. The van der Waals surface area contributed by atoms with Crippen LogP contribution in [0.3, 0.4) is 0 Å². The van der Waals surface area contributed by atoms with Gasteiger partial charge in [-0.25, -0.2) is 9.67 Å². The molecule has 0 bridgehead atoms. The minimum Gasteiger partial charge on any atom is -0.308 e. The monoisotopic (exact) mass is 467 g/mol. The van der Waals surface area contributed by atoms with Gasteiger partial charge in [0.2, 0.25) is 5.91 Å². The van der Waals surface area contributed by atoms with Gasteiger partial charge in [0.1, 0.15) is 18.3 Å². The molecule has 0 radical (unpaired) electrons. The molecule has 174 valence electrons. The predicted octanol–water partition coefficient (Wildman–Crippen LogP) is 3.97. The largest absolute Gasteiger partial charge is 0.416 e. The number of para-hydroxylation sites is 1. The molecule has 0 fully saturated rings. The van der Waals surface area contributed by atoms with E-state index in [2.05, 4.69) is 10.1 Å². The van der Waals surface area contributed by atoms with Crippen molar-refractivity contribution in [3.63, 3.8) is 0 Å². The molecule has 1 aliphatic heterocycles. The number of carbonyl (C=O) groups is 1. The third-order valence-electron chi connectivity index (χ3n) is 6.07. The first-order valence-electron chi connectivity index (χ1n) is 10.7. The van der Waals surface area contributed by atoms with Gasteiger partial charge in [0, 0.05) is 11.7 Å². The van der Waals surface area contributed by atoms with E-state index in [0.717, 1.165) is 36.2 Å². The molecular formula is C24H20F3N5O2. The summed E-state index contributed by atoms with van der Waals surface area (Å²) in [6.45, 7) is 1.76. The van der Waals surface area contributed by atoms with Crippen LogP contribution in [0.1, 0.15) is 24.5 Å². The first-order valence-corrected chi connectivity index (χ1v) is 10.7. The smallest absolute Gasteiger partial charge is 0.308 e. The van der Waals surface area contributed by atoms with E-state index in [1.54, 1.807) is 4.90 Å². The second kappa shape index (κ2) is 8.12. The van der Waals surface area contributed by atoms with Crippen LogP contribution in [0.25, 0.3) is 16.7 Å². The number of hydrogen-bond donors (Lipinski definition) is 0. The Labute approximate surface area is 192 Å². The highest BCUT2D eigenvalue weighted by molar-refractivity contribution is 5.95. The van der Waals surface area contributed by atoms with Crippen molar-refractivity contribution in [2.24, 2.45) is 0 Å². The molecule has 0 aliphatic carbocycles. The molecule has 0 N–H and O–H groups in total. The van der Waals surface area contributed by atoms with Gasteiger partial charge >= 0.3 is 6.18 Å². The summed E-state index contributed by atoms with van der Waals surface area (Å²) in [6, 6.07) is 12.3. The Bertz CT molecular complexity index is 1460. The lowest BCUT2D eigenvalue weighted by Crippen LogP contribution is -2.44. The minimum atomic E-state index is -4.51. The van der Waals surface area contributed by atoms with E-state index < -0.39 is 17.3 Å². The molecule has 4 aromatic rings. The fourth-order valence-electron chi connectivity index (χ4n) is 4.35. The molecule has 10 heteroatoms. The van der Waals surface area contributed by atoms with Crippen LogP contribution in [-0.4, -0.2) is 31.3 Å².